The fraction of sp³-hybridized carbons (Fsp3) is 0.833. The van der Waals surface area contributed by atoms with Gasteiger partial charge in [-0.05, 0) is 30.8 Å². The smallest absolute Gasteiger partial charge is 0.0584 e. The van der Waals surface area contributed by atoms with E-state index in [-0.39, 0.29) is 0 Å². The molecule has 0 aliphatic rings. The molecule has 0 aromatic carbocycles. The molecule has 0 saturated carbocycles. The van der Waals surface area contributed by atoms with E-state index < -0.39 is 0 Å². The summed E-state index contributed by atoms with van der Waals surface area (Å²) in [4.78, 5) is 3.78. The number of nitrogens with zero attached hydrogens (tertiary/aromatic N) is 1. The van der Waals surface area contributed by atoms with E-state index in [2.05, 4.69) is 35.0 Å². The Labute approximate surface area is 67.0 Å². The van der Waals surface area contributed by atoms with Crippen LogP contribution in [-0.2, 0) is 0 Å². The average Bonchev–Trinajstić information content (AvgIpc) is 1.89. The van der Waals surface area contributed by atoms with Crippen LogP contribution in [0.1, 0.15) is 19.3 Å². The third-order valence-corrected chi connectivity index (χ3v) is 1.44. The Morgan fingerprint density at radius 2 is 2.11 bits per heavy atom. The van der Waals surface area contributed by atoms with Crippen LogP contribution in [0.15, 0.2) is 4.99 Å². The standard InChI is InChI=1S/C6H11NS2/c8-5-3-1-2-4-7-6-9/h8H,1-5H2. The molecule has 0 saturated heterocycles. The van der Waals surface area contributed by atoms with Crippen LogP contribution in [0.5, 0.6) is 0 Å². The van der Waals surface area contributed by atoms with Crippen LogP contribution in [-0.4, -0.2) is 17.5 Å². The summed E-state index contributed by atoms with van der Waals surface area (Å²) < 4.78 is 0. The topological polar surface area (TPSA) is 12.4 Å². The number of rotatable bonds is 5. The maximum atomic E-state index is 4.40. The molecule has 1 nitrogen and oxygen atoms in total. The van der Waals surface area contributed by atoms with E-state index in [1.54, 1.807) is 0 Å². The number of hydrogen-bond donors (Lipinski definition) is 1. The molecule has 0 aliphatic heterocycles. The molecule has 0 amide bonds. The van der Waals surface area contributed by atoms with Crippen molar-refractivity contribution in [3.05, 3.63) is 0 Å². The second kappa shape index (κ2) is 8.15. The summed E-state index contributed by atoms with van der Waals surface area (Å²) >= 11 is 8.48. The van der Waals surface area contributed by atoms with Crippen LogP contribution in [0.4, 0.5) is 0 Å². The van der Waals surface area contributed by atoms with E-state index in [0.717, 1.165) is 18.7 Å². The zero-order valence-corrected chi connectivity index (χ0v) is 7.05. The average molecular weight is 161 g/mol. The molecular weight excluding hydrogens is 150 g/mol. The number of aliphatic imine (C=N–C) groups is 1. The van der Waals surface area contributed by atoms with Crippen LogP contribution >= 0.6 is 24.8 Å². The first-order valence-corrected chi connectivity index (χ1v) is 4.10. The van der Waals surface area contributed by atoms with E-state index in [1.807, 2.05) is 0 Å². The monoisotopic (exact) mass is 161 g/mol. The molecular formula is C6H11NS2. The Morgan fingerprint density at radius 3 is 2.67 bits per heavy atom. The van der Waals surface area contributed by atoms with Crippen LogP contribution in [0.2, 0.25) is 0 Å². The first-order valence-electron chi connectivity index (χ1n) is 3.06. The number of hydrogen-bond acceptors (Lipinski definition) is 3. The summed E-state index contributed by atoms with van der Waals surface area (Å²) in [7, 11) is 0. The second-order valence-electron chi connectivity index (χ2n) is 1.76. The van der Waals surface area contributed by atoms with Crippen LogP contribution in [0.3, 0.4) is 0 Å². The van der Waals surface area contributed by atoms with Gasteiger partial charge in [0.05, 0.1) is 5.16 Å². The molecule has 0 unspecified atom stereocenters. The molecule has 0 heterocycles. The molecule has 0 spiro atoms. The van der Waals surface area contributed by atoms with Gasteiger partial charge in [0, 0.05) is 6.54 Å². The van der Waals surface area contributed by atoms with Gasteiger partial charge in [0.15, 0.2) is 0 Å². The molecule has 0 bridgehead atoms. The molecule has 9 heavy (non-hydrogen) atoms. The number of thiol groups is 1. The number of thiocarbonyl (C=S) groups is 1. The zero-order valence-electron chi connectivity index (χ0n) is 5.34. The van der Waals surface area contributed by atoms with E-state index in [1.165, 1.54) is 12.8 Å². The Bertz CT molecular complexity index is 97.2. The van der Waals surface area contributed by atoms with Gasteiger partial charge in [0.1, 0.15) is 0 Å². The molecule has 0 aromatic heterocycles. The van der Waals surface area contributed by atoms with E-state index in [0.29, 0.717) is 0 Å². The fourth-order valence-corrected chi connectivity index (χ4v) is 0.840. The van der Waals surface area contributed by atoms with Crippen LogP contribution in [0, 0.1) is 0 Å². The minimum absolute atomic E-state index is 0.831. The summed E-state index contributed by atoms with van der Waals surface area (Å²) in [5.74, 6) is 0.974. The predicted molar refractivity (Wildman–Crippen MR) is 47.6 cm³/mol. The molecule has 0 N–H and O–H groups in total. The number of unbranched alkanes of at least 4 members (excludes halogenated alkanes) is 2. The van der Waals surface area contributed by atoms with Crippen molar-refractivity contribution >= 4 is 30.0 Å². The molecule has 3 heteroatoms. The van der Waals surface area contributed by atoms with Crippen molar-refractivity contribution in [3.8, 4) is 0 Å². The molecule has 0 aromatic rings. The lowest BCUT2D eigenvalue weighted by molar-refractivity contribution is 0.736. The summed E-state index contributed by atoms with van der Waals surface area (Å²) in [5.41, 5.74) is 0. The Morgan fingerprint density at radius 1 is 1.33 bits per heavy atom. The summed E-state index contributed by atoms with van der Waals surface area (Å²) in [6.45, 7) is 0.831. The molecule has 0 fully saturated rings. The van der Waals surface area contributed by atoms with E-state index in [9.17, 15) is 0 Å². The van der Waals surface area contributed by atoms with Gasteiger partial charge in [-0.25, -0.2) is 4.99 Å². The molecule has 0 aliphatic carbocycles. The minimum atomic E-state index is 0.831. The van der Waals surface area contributed by atoms with Gasteiger partial charge in [0.2, 0.25) is 0 Å². The SMILES string of the molecule is S=C=NCCCCCS. The van der Waals surface area contributed by atoms with Crippen molar-refractivity contribution in [2.24, 2.45) is 4.99 Å². The van der Waals surface area contributed by atoms with Gasteiger partial charge >= 0.3 is 0 Å². The van der Waals surface area contributed by atoms with E-state index >= 15 is 0 Å². The molecule has 0 atom stereocenters. The lowest BCUT2D eigenvalue weighted by Gasteiger charge is -1.90. The van der Waals surface area contributed by atoms with Crippen molar-refractivity contribution in [1.29, 1.82) is 0 Å². The van der Waals surface area contributed by atoms with Gasteiger partial charge in [-0.1, -0.05) is 6.42 Å². The quantitative estimate of drug-likeness (QED) is 0.282. The van der Waals surface area contributed by atoms with Crippen molar-refractivity contribution in [3.63, 3.8) is 0 Å². The second-order valence-corrected chi connectivity index (χ2v) is 2.39. The Balaban J connectivity index is 2.82. The number of isothiocyanates is 1. The highest BCUT2D eigenvalue weighted by molar-refractivity contribution is 7.80. The largest absolute Gasteiger partial charge is 0.233 e. The predicted octanol–water partition coefficient (Wildman–Crippen LogP) is 2.19. The first kappa shape index (κ1) is 9.15. The summed E-state index contributed by atoms with van der Waals surface area (Å²) in [5, 5.41) is 2.33. The van der Waals surface area contributed by atoms with Crippen LogP contribution < -0.4 is 0 Å². The molecule has 52 valence electrons. The summed E-state index contributed by atoms with van der Waals surface area (Å²) in [6, 6.07) is 0. The van der Waals surface area contributed by atoms with Gasteiger partial charge in [0.25, 0.3) is 0 Å². The van der Waals surface area contributed by atoms with Crippen molar-refractivity contribution in [1.82, 2.24) is 0 Å². The minimum Gasteiger partial charge on any atom is -0.233 e. The third-order valence-electron chi connectivity index (χ3n) is 0.993. The highest BCUT2D eigenvalue weighted by atomic mass is 32.1. The molecule has 0 rings (SSSR count). The highest BCUT2D eigenvalue weighted by Crippen LogP contribution is 1.95. The van der Waals surface area contributed by atoms with Crippen molar-refractivity contribution < 1.29 is 0 Å². The lowest BCUT2D eigenvalue weighted by atomic mass is 10.2. The third kappa shape index (κ3) is 8.15. The summed E-state index contributed by atoms with van der Waals surface area (Å²) in [6.07, 6.45) is 3.49. The van der Waals surface area contributed by atoms with Crippen molar-refractivity contribution in [2.45, 2.75) is 19.3 Å². The normalized spacial score (nSPS) is 8.56. The fourth-order valence-electron chi connectivity index (χ4n) is 0.525. The Kier molecular flexibility index (Phi) is 8.29. The Hall–Kier alpha value is 0.150. The maximum Gasteiger partial charge on any atom is 0.0584 e. The van der Waals surface area contributed by atoms with Gasteiger partial charge in [-0.2, -0.15) is 12.6 Å². The zero-order chi connectivity index (χ0) is 6.95. The lowest BCUT2D eigenvalue weighted by Crippen LogP contribution is -1.81. The van der Waals surface area contributed by atoms with Gasteiger partial charge in [-0.15, -0.1) is 0 Å². The van der Waals surface area contributed by atoms with Gasteiger partial charge < -0.3 is 0 Å². The first-order chi connectivity index (χ1) is 4.41. The van der Waals surface area contributed by atoms with Crippen molar-refractivity contribution in [2.75, 3.05) is 12.3 Å². The maximum absolute atomic E-state index is 4.40. The van der Waals surface area contributed by atoms with E-state index in [4.69, 9.17) is 0 Å². The molecule has 0 radical (unpaired) electrons. The van der Waals surface area contributed by atoms with Crippen LogP contribution in [0.25, 0.3) is 0 Å². The highest BCUT2D eigenvalue weighted by Gasteiger charge is 1.83. The van der Waals surface area contributed by atoms with Gasteiger partial charge in [-0.3, -0.25) is 0 Å².